The molecule has 0 fully saturated rings. The van der Waals surface area contributed by atoms with E-state index in [0.717, 1.165) is 22.1 Å². The molecule has 0 amide bonds. The molecule has 1 aliphatic rings. The van der Waals surface area contributed by atoms with E-state index in [0.29, 0.717) is 5.92 Å². The minimum atomic E-state index is 0.506. The Labute approximate surface area is 140 Å². The van der Waals surface area contributed by atoms with Crippen molar-refractivity contribution in [1.29, 1.82) is 0 Å². The van der Waals surface area contributed by atoms with Crippen LogP contribution in [0.15, 0.2) is 64.7 Å². The van der Waals surface area contributed by atoms with E-state index in [1.165, 1.54) is 22.3 Å². The van der Waals surface area contributed by atoms with Crippen LogP contribution in [0.5, 0.6) is 0 Å². The molecule has 0 heterocycles. The van der Waals surface area contributed by atoms with E-state index < -0.39 is 0 Å². The van der Waals surface area contributed by atoms with E-state index in [9.17, 15) is 0 Å². The highest BCUT2D eigenvalue weighted by atomic mass is 79.9. The van der Waals surface area contributed by atoms with E-state index in [-0.39, 0.29) is 0 Å². The van der Waals surface area contributed by atoms with Crippen LogP contribution in [0.1, 0.15) is 30.4 Å². The molecule has 0 bridgehead atoms. The van der Waals surface area contributed by atoms with Gasteiger partial charge in [0.25, 0.3) is 0 Å². The van der Waals surface area contributed by atoms with E-state index in [2.05, 4.69) is 72.3 Å². The molecule has 1 nitrogen and oxygen atoms in total. The van der Waals surface area contributed by atoms with Crippen LogP contribution in [-0.4, -0.2) is 0 Å². The van der Waals surface area contributed by atoms with Gasteiger partial charge in [0.05, 0.1) is 0 Å². The molecule has 0 spiro atoms. The third kappa shape index (κ3) is 3.02. The molecule has 22 heavy (non-hydrogen) atoms. The lowest BCUT2D eigenvalue weighted by atomic mass is 9.83. The van der Waals surface area contributed by atoms with Gasteiger partial charge in [-0.05, 0) is 60.7 Å². The molecule has 1 aliphatic carbocycles. The Morgan fingerprint density at radius 2 is 1.86 bits per heavy atom. The first-order chi connectivity index (χ1) is 10.5. The van der Waals surface area contributed by atoms with Gasteiger partial charge >= 0.3 is 0 Å². The van der Waals surface area contributed by atoms with Gasteiger partial charge in [-0.1, -0.05) is 57.9 Å². The molecule has 2 aromatic carbocycles. The van der Waals surface area contributed by atoms with Crippen LogP contribution in [-0.2, 0) is 0 Å². The summed E-state index contributed by atoms with van der Waals surface area (Å²) in [6.07, 6.45) is 7.71. The predicted molar refractivity (Wildman–Crippen MR) is 99.0 cm³/mol. The molecule has 2 heteroatoms. The zero-order chi connectivity index (χ0) is 15.7. The Morgan fingerprint density at radius 3 is 2.55 bits per heavy atom. The highest BCUT2D eigenvalue weighted by Gasteiger charge is 2.16. The Hall–Kier alpha value is -1.80. The van der Waals surface area contributed by atoms with Crippen molar-refractivity contribution in [2.24, 2.45) is 0 Å². The van der Waals surface area contributed by atoms with Crippen LogP contribution in [0.25, 0.3) is 11.1 Å². The second kappa shape index (κ2) is 6.13. The molecule has 0 radical (unpaired) electrons. The number of nitrogen functional groups attached to an aromatic ring is 1. The molecular formula is C20H20BrN. The summed E-state index contributed by atoms with van der Waals surface area (Å²) >= 11 is 3.52. The third-order valence-electron chi connectivity index (χ3n) is 4.32. The van der Waals surface area contributed by atoms with E-state index >= 15 is 0 Å². The topological polar surface area (TPSA) is 26.0 Å². The van der Waals surface area contributed by atoms with E-state index in [4.69, 9.17) is 5.73 Å². The van der Waals surface area contributed by atoms with Crippen molar-refractivity contribution in [1.82, 2.24) is 0 Å². The minimum Gasteiger partial charge on any atom is -0.399 e. The van der Waals surface area contributed by atoms with Gasteiger partial charge in [0.1, 0.15) is 0 Å². The maximum absolute atomic E-state index is 5.95. The largest absolute Gasteiger partial charge is 0.399 e. The normalized spacial score (nSPS) is 17.4. The monoisotopic (exact) mass is 353 g/mol. The molecular weight excluding hydrogens is 334 g/mol. The van der Waals surface area contributed by atoms with Crippen molar-refractivity contribution in [3.8, 4) is 11.1 Å². The number of aryl methyl sites for hydroxylation is 1. The molecule has 3 rings (SSSR count). The molecule has 0 aromatic heterocycles. The molecule has 0 aliphatic heterocycles. The zero-order valence-corrected chi connectivity index (χ0v) is 14.5. The first-order valence-electron chi connectivity index (χ1n) is 7.55. The van der Waals surface area contributed by atoms with Crippen LogP contribution in [0, 0.1) is 6.92 Å². The van der Waals surface area contributed by atoms with E-state index in [1.807, 2.05) is 12.1 Å². The fraction of sp³-hybridized carbons (Fsp3) is 0.200. The highest BCUT2D eigenvalue weighted by Crippen LogP contribution is 2.35. The van der Waals surface area contributed by atoms with Gasteiger partial charge in [-0.2, -0.15) is 0 Å². The standard InChI is InChI=1S/C20H20BrN/c1-13-5-3-4-6-19(13)20-8-7-15(9-14(20)2)16-10-17(21)12-18(22)11-16/h3-5,7-12,19H,6,22H2,1-2H3. The van der Waals surface area contributed by atoms with Gasteiger partial charge in [0, 0.05) is 16.1 Å². The van der Waals surface area contributed by atoms with Crippen molar-refractivity contribution < 1.29 is 0 Å². The van der Waals surface area contributed by atoms with Crippen LogP contribution in [0.4, 0.5) is 5.69 Å². The number of hydrogen-bond donors (Lipinski definition) is 1. The first-order valence-corrected chi connectivity index (χ1v) is 8.34. The van der Waals surface area contributed by atoms with Crippen LogP contribution >= 0.6 is 15.9 Å². The van der Waals surface area contributed by atoms with Crippen LogP contribution in [0.3, 0.4) is 0 Å². The maximum Gasteiger partial charge on any atom is 0.0331 e. The van der Waals surface area contributed by atoms with Crippen molar-refractivity contribution in [3.63, 3.8) is 0 Å². The quantitative estimate of drug-likeness (QED) is 0.658. The SMILES string of the molecule is CC1=CC=CCC1c1ccc(-c2cc(N)cc(Br)c2)cc1C. The molecule has 0 saturated heterocycles. The molecule has 1 unspecified atom stereocenters. The molecule has 1 atom stereocenters. The number of benzene rings is 2. The number of halogens is 1. The summed E-state index contributed by atoms with van der Waals surface area (Å²) in [7, 11) is 0. The second-order valence-electron chi connectivity index (χ2n) is 5.97. The molecule has 2 aromatic rings. The number of anilines is 1. The lowest BCUT2D eigenvalue weighted by molar-refractivity contribution is 0.791. The minimum absolute atomic E-state index is 0.506. The average Bonchev–Trinajstić information content (AvgIpc) is 2.47. The van der Waals surface area contributed by atoms with Gasteiger partial charge in [0.2, 0.25) is 0 Å². The third-order valence-corrected chi connectivity index (χ3v) is 4.77. The van der Waals surface area contributed by atoms with Gasteiger partial charge in [-0.3, -0.25) is 0 Å². The molecule has 112 valence electrons. The lowest BCUT2D eigenvalue weighted by Crippen LogP contribution is -2.04. The fourth-order valence-electron chi connectivity index (χ4n) is 3.13. The highest BCUT2D eigenvalue weighted by molar-refractivity contribution is 9.10. The lowest BCUT2D eigenvalue weighted by Gasteiger charge is -2.22. The summed E-state index contributed by atoms with van der Waals surface area (Å²) in [5.74, 6) is 0.506. The van der Waals surface area contributed by atoms with Crippen LogP contribution in [0.2, 0.25) is 0 Å². The van der Waals surface area contributed by atoms with E-state index in [1.54, 1.807) is 0 Å². The maximum atomic E-state index is 5.95. The smallest absolute Gasteiger partial charge is 0.0331 e. The van der Waals surface area contributed by atoms with Gasteiger partial charge in [-0.15, -0.1) is 0 Å². The van der Waals surface area contributed by atoms with Gasteiger partial charge < -0.3 is 5.73 Å². The fourth-order valence-corrected chi connectivity index (χ4v) is 3.64. The molecule has 2 N–H and O–H groups in total. The number of allylic oxidation sites excluding steroid dienone is 4. The summed E-state index contributed by atoms with van der Waals surface area (Å²) in [5, 5.41) is 0. The number of nitrogens with two attached hydrogens (primary N) is 1. The summed E-state index contributed by atoms with van der Waals surface area (Å²) in [5.41, 5.74) is 13.3. The Bertz CT molecular complexity index is 751. The van der Waals surface area contributed by atoms with Gasteiger partial charge in [-0.25, -0.2) is 0 Å². The predicted octanol–water partition coefficient (Wildman–Crippen LogP) is 6.00. The zero-order valence-electron chi connectivity index (χ0n) is 12.9. The average molecular weight is 354 g/mol. The summed E-state index contributed by atoms with van der Waals surface area (Å²) in [6, 6.07) is 12.8. The second-order valence-corrected chi connectivity index (χ2v) is 6.89. The summed E-state index contributed by atoms with van der Waals surface area (Å²) in [6.45, 7) is 4.42. The Morgan fingerprint density at radius 1 is 1.05 bits per heavy atom. The number of hydrogen-bond acceptors (Lipinski definition) is 1. The van der Waals surface area contributed by atoms with Gasteiger partial charge in [0.15, 0.2) is 0 Å². The van der Waals surface area contributed by atoms with Crippen LogP contribution < -0.4 is 5.73 Å². The Balaban J connectivity index is 1.99. The van der Waals surface area contributed by atoms with Crippen molar-refractivity contribution >= 4 is 21.6 Å². The number of rotatable bonds is 2. The summed E-state index contributed by atoms with van der Waals surface area (Å²) < 4.78 is 1.01. The molecule has 0 saturated carbocycles. The van der Waals surface area contributed by atoms with Crippen molar-refractivity contribution in [2.45, 2.75) is 26.2 Å². The summed E-state index contributed by atoms with van der Waals surface area (Å²) in [4.78, 5) is 0. The van der Waals surface area contributed by atoms with Crippen molar-refractivity contribution in [2.75, 3.05) is 5.73 Å². The first kappa shape index (κ1) is 15.1. The Kier molecular flexibility index (Phi) is 4.21. The van der Waals surface area contributed by atoms with Crippen molar-refractivity contribution in [3.05, 3.63) is 75.8 Å².